The Balaban J connectivity index is 2.24. The van der Waals surface area contributed by atoms with E-state index in [0.717, 1.165) is 24.5 Å². The maximum Gasteiger partial charge on any atom is 0.0645 e. The van der Waals surface area contributed by atoms with Gasteiger partial charge < -0.3 is 5.32 Å². The predicted octanol–water partition coefficient (Wildman–Crippen LogP) is 2.29. The van der Waals surface area contributed by atoms with Gasteiger partial charge in [0.15, 0.2) is 0 Å². The van der Waals surface area contributed by atoms with Gasteiger partial charge in [0.1, 0.15) is 0 Å². The number of benzene rings is 1. The number of nitrogens with zero attached hydrogens (tertiary/aromatic N) is 2. The van der Waals surface area contributed by atoms with Crippen molar-refractivity contribution < 1.29 is 0 Å². The number of aryl methyl sites for hydroxylation is 1. The molecule has 1 aromatic carbocycles. The number of nitrogens with one attached hydrogen (secondary N) is 1. The fourth-order valence-corrected chi connectivity index (χ4v) is 1.64. The Kier molecular flexibility index (Phi) is 3.37. The van der Waals surface area contributed by atoms with Crippen molar-refractivity contribution in [1.82, 2.24) is 15.1 Å². The van der Waals surface area contributed by atoms with Gasteiger partial charge in [0.05, 0.1) is 11.4 Å². The lowest BCUT2D eigenvalue weighted by molar-refractivity contribution is 0.723. The molecule has 1 N–H and O–H groups in total. The second-order valence-corrected chi connectivity index (χ2v) is 3.80. The molecule has 0 saturated carbocycles. The first-order valence-corrected chi connectivity index (χ1v) is 5.62. The molecule has 1 heterocycles. The van der Waals surface area contributed by atoms with Gasteiger partial charge in [-0.25, -0.2) is 4.68 Å². The van der Waals surface area contributed by atoms with Gasteiger partial charge in [0.2, 0.25) is 0 Å². The second-order valence-electron chi connectivity index (χ2n) is 3.80. The molecule has 3 heteroatoms. The summed E-state index contributed by atoms with van der Waals surface area (Å²) in [4.78, 5) is 0. The van der Waals surface area contributed by atoms with Gasteiger partial charge in [0, 0.05) is 18.3 Å². The fourth-order valence-electron chi connectivity index (χ4n) is 1.64. The van der Waals surface area contributed by atoms with Crippen LogP contribution in [-0.4, -0.2) is 16.3 Å². The minimum atomic E-state index is 0.884. The van der Waals surface area contributed by atoms with Crippen molar-refractivity contribution in [3.05, 3.63) is 47.8 Å². The Morgan fingerprint density at radius 1 is 1.25 bits per heavy atom. The average molecular weight is 215 g/mol. The molecule has 0 aliphatic rings. The molecule has 0 spiro atoms. The summed E-state index contributed by atoms with van der Waals surface area (Å²) in [5, 5.41) is 7.83. The van der Waals surface area contributed by atoms with E-state index in [1.165, 1.54) is 5.56 Å². The van der Waals surface area contributed by atoms with Crippen molar-refractivity contribution in [2.45, 2.75) is 20.4 Å². The molecule has 0 atom stereocenters. The van der Waals surface area contributed by atoms with Crippen LogP contribution in [0.5, 0.6) is 0 Å². The summed E-state index contributed by atoms with van der Waals surface area (Å²) in [5.41, 5.74) is 3.45. The zero-order valence-electron chi connectivity index (χ0n) is 9.77. The number of rotatable bonds is 4. The fraction of sp³-hybridized carbons (Fsp3) is 0.308. The molecule has 84 valence electrons. The highest BCUT2D eigenvalue weighted by Crippen LogP contribution is 2.11. The molecular formula is C13H17N3. The minimum absolute atomic E-state index is 0.884. The first-order chi connectivity index (χ1) is 7.81. The molecule has 0 amide bonds. The lowest BCUT2D eigenvalue weighted by Gasteiger charge is -1.99. The molecule has 16 heavy (non-hydrogen) atoms. The van der Waals surface area contributed by atoms with E-state index in [2.05, 4.69) is 35.7 Å². The molecule has 0 aliphatic heterocycles. The Labute approximate surface area is 96.1 Å². The molecule has 1 aromatic heterocycles. The predicted molar refractivity (Wildman–Crippen MR) is 65.7 cm³/mol. The van der Waals surface area contributed by atoms with Gasteiger partial charge >= 0.3 is 0 Å². The van der Waals surface area contributed by atoms with Crippen LogP contribution in [0.3, 0.4) is 0 Å². The first kappa shape index (κ1) is 10.9. The molecule has 0 unspecified atom stereocenters. The van der Waals surface area contributed by atoms with Gasteiger partial charge in [0.25, 0.3) is 0 Å². The molecule has 2 aromatic rings. The van der Waals surface area contributed by atoms with Gasteiger partial charge in [-0.05, 0) is 25.6 Å². The number of hydrogen-bond acceptors (Lipinski definition) is 2. The van der Waals surface area contributed by atoms with Gasteiger partial charge in [-0.3, -0.25) is 0 Å². The number of aromatic nitrogens is 2. The maximum atomic E-state index is 4.51. The topological polar surface area (TPSA) is 29.9 Å². The highest BCUT2D eigenvalue weighted by atomic mass is 15.3. The maximum absolute atomic E-state index is 4.51. The van der Waals surface area contributed by atoms with Gasteiger partial charge in [-0.2, -0.15) is 5.10 Å². The normalized spacial score (nSPS) is 10.6. The van der Waals surface area contributed by atoms with E-state index in [4.69, 9.17) is 0 Å². The van der Waals surface area contributed by atoms with Crippen LogP contribution in [0.25, 0.3) is 5.69 Å². The van der Waals surface area contributed by atoms with E-state index in [0.29, 0.717) is 0 Å². The lowest BCUT2D eigenvalue weighted by Crippen LogP contribution is -2.11. The van der Waals surface area contributed by atoms with E-state index in [-0.39, 0.29) is 0 Å². The van der Waals surface area contributed by atoms with Crippen LogP contribution in [0.2, 0.25) is 0 Å². The van der Waals surface area contributed by atoms with Crippen LogP contribution < -0.4 is 5.32 Å². The van der Waals surface area contributed by atoms with Gasteiger partial charge in [-0.1, -0.05) is 25.1 Å². The number of hydrogen-bond donors (Lipinski definition) is 1. The molecule has 0 bridgehead atoms. The molecular weight excluding hydrogens is 198 g/mol. The van der Waals surface area contributed by atoms with Crippen molar-refractivity contribution in [2.24, 2.45) is 0 Å². The van der Waals surface area contributed by atoms with Crippen LogP contribution in [0, 0.1) is 6.92 Å². The monoisotopic (exact) mass is 215 g/mol. The second kappa shape index (κ2) is 4.94. The number of para-hydroxylation sites is 1. The van der Waals surface area contributed by atoms with E-state index in [1.54, 1.807) is 0 Å². The standard InChI is InChI=1S/C13H17N3/c1-3-14-9-12-10-16(15-11(12)2)13-7-5-4-6-8-13/h4-8,10,14H,3,9H2,1-2H3. The molecule has 0 fully saturated rings. The highest BCUT2D eigenvalue weighted by Gasteiger charge is 2.04. The van der Waals surface area contributed by atoms with Crippen LogP contribution in [0.1, 0.15) is 18.2 Å². The quantitative estimate of drug-likeness (QED) is 0.848. The summed E-state index contributed by atoms with van der Waals surface area (Å²) in [5.74, 6) is 0. The molecule has 0 aliphatic carbocycles. The summed E-state index contributed by atoms with van der Waals surface area (Å²) in [6, 6.07) is 10.2. The van der Waals surface area contributed by atoms with Crippen LogP contribution in [-0.2, 0) is 6.54 Å². The summed E-state index contributed by atoms with van der Waals surface area (Å²) in [6.45, 7) is 6.02. The largest absolute Gasteiger partial charge is 0.313 e. The Morgan fingerprint density at radius 3 is 2.69 bits per heavy atom. The van der Waals surface area contributed by atoms with E-state index in [9.17, 15) is 0 Å². The Hall–Kier alpha value is -1.61. The highest BCUT2D eigenvalue weighted by molar-refractivity contribution is 5.32. The third-order valence-corrected chi connectivity index (χ3v) is 2.59. The summed E-state index contributed by atoms with van der Waals surface area (Å²) in [7, 11) is 0. The average Bonchev–Trinajstić information content (AvgIpc) is 2.69. The van der Waals surface area contributed by atoms with Crippen molar-refractivity contribution in [3.63, 3.8) is 0 Å². The molecule has 2 rings (SSSR count). The lowest BCUT2D eigenvalue weighted by atomic mass is 10.2. The Morgan fingerprint density at radius 2 is 2.00 bits per heavy atom. The third kappa shape index (κ3) is 2.31. The summed E-state index contributed by atoms with van der Waals surface area (Å²) >= 11 is 0. The zero-order chi connectivity index (χ0) is 11.4. The molecule has 0 saturated heterocycles. The van der Waals surface area contributed by atoms with E-state index < -0.39 is 0 Å². The van der Waals surface area contributed by atoms with Crippen LogP contribution in [0.4, 0.5) is 0 Å². The van der Waals surface area contributed by atoms with Crippen molar-refractivity contribution in [1.29, 1.82) is 0 Å². The van der Waals surface area contributed by atoms with Gasteiger partial charge in [-0.15, -0.1) is 0 Å². The van der Waals surface area contributed by atoms with E-state index in [1.807, 2.05) is 29.8 Å². The zero-order valence-corrected chi connectivity index (χ0v) is 9.77. The first-order valence-electron chi connectivity index (χ1n) is 5.62. The summed E-state index contributed by atoms with van der Waals surface area (Å²) < 4.78 is 1.93. The third-order valence-electron chi connectivity index (χ3n) is 2.59. The smallest absolute Gasteiger partial charge is 0.0645 e. The Bertz CT molecular complexity index is 445. The van der Waals surface area contributed by atoms with E-state index >= 15 is 0 Å². The van der Waals surface area contributed by atoms with Crippen LogP contribution in [0.15, 0.2) is 36.5 Å². The van der Waals surface area contributed by atoms with Crippen molar-refractivity contribution in [3.8, 4) is 5.69 Å². The van der Waals surface area contributed by atoms with Crippen molar-refractivity contribution >= 4 is 0 Å². The minimum Gasteiger partial charge on any atom is -0.313 e. The molecule has 3 nitrogen and oxygen atoms in total. The summed E-state index contributed by atoms with van der Waals surface area (Å²) in [6.07, 6.45) is 2.09. The van der Waals surface area contributed by atoms with Crippen molar-refractivity contribution in [2.75, 3.05) is 6.54 Å². The SMILES string of the molecule is CCNCc1cn(-c2ccccc2)nc1C. The van der Waals surface area contributed by atoms with Crippen LogP contribution >= 0.6 is 0 Å². The molecule has 0 radical (unpaired) electrons.